The van der Waals surface area contributed by atoms with E-state index in [1.54, 1.807) is 0 Å². The van der Waals surface area contributed by atoms with Gasteiger partial charge in [0.05, 0.1) is 11.1 Å². The van der Waals surface area contributed by atoms with E-state index in [1.807, 2.05) is 52.0 Å². The highest BCUT2D eigenvalue weighted by molar-refractivity contribution is 6.03. The Labute approximate surface area is 185 Å². The van der Waals surface area contributed by atoms with Gasteiger partial charge in [-0.15, -0.1) is 0 Å². The maximum Gasteiger partial charge on any atom is 0.335 e. The van der Waals surface area contributed by atoms with Crippen molar-refractivity contribution in [3.63, 3.8) is 0 Å². The van der Waals surface area contributed by atoms with Crippen LogP contribution in [0.2, 0.25) is 0 Å². The molecule has 0 aromatic carbocycles. The quantitative estimate of drug-likeness (QED) is 0.552. The van der Waals surface area contributed by atoms with Gasteiger partial charge in [-0.1, -0.05) is 49.3 Å². The molecule has 0 radical (unpaired) electrons. The van der Waals surface area contributed by atoms with Crippen molar-refractivity contribution < 1.29 is 19.1 Å². The van der Waals surface area contributed by atoms with Gasteiger partial charge < -0.3 is 9.47 Å². The molecule has 4 nitrogen and oxygen atoms in total. The molecular formula is C27H34O4. The second kappa shape index (κ2) is 7.65. The Kier molecular flexibility index (Phi) is 5.39. The predicted octanol–water partition coefficient (Wildman–Crippen LogP) is 5.62. The van der Waals surface area contributed by atoms with Crippen LogP contribution < -0.4 is 0 Å². The van der Waals surface area contributed by atoms with E-state index in [9.17, 15) is 9.59 Å². The fraction of sp³-hybridized carbons (Fsp3) is 0.556. The van der Waals surface area contributed by atoms with E-state index in [-0.39, 0.29) is 35.6 Å². The Bertz CT molecular complexity index is 886. The van der Waals surface area contributed by atoms with Gasteiger partial charge in [0.25, 0.3) is 0 Å². The molecule has 0 amide bonds. The molecule has 0 aliphatic heterocycles. The lowest BCUT2D eigenvalue weighted by Crippen LogP contribution is -2.40. The molecule has 4 aliphatic carbocycles. The van der Waals surface area contributed by atoms with E-state index in [0.717, 1.165) is 30.4 Å². The normalized spacial score (nSPS) is 38.8. The van der Waals surface area contributed by atoms with Crippen LogP contribution in [0.25, 0.3) is 0 Å². The number of hydrogen-bond donors (Lipinski definition) is 0. The van der Waals surface area contributed by atoms with Crippen LogP contribution in [0.4, 0.5) is 0 Å². The van der Waals surface area contributed by atoms with Gasteiger partial charge in [-0.05, 0) is 70.9 Å². The number of carbonyl (C=O) groups is 2. The van der Waals surface area contributed by atoms with E-state index in [0.29, 0.717) is 11.1 Å². The van der Waals surface area contributed by atoms with Gasteiger partial charge in [0.2, 0.25) is 0 Å². The molecule has 4 heteroatoms. The van der Waals surface area contributed by atoms with Crippen molar-refractivity contribution in [1.29, 1.82) is 0 Å². The lowest BCUT2D eigenvalue weighted by Gasteiger charge is -2.35. The predicted molar refractivity (Wildman–Crippen MR) is 121 cm³/mol. The van der Waals surface area contributed by atoms with Gasteiger partial charge in [0.15, 0.2) is 0 Å². The number of allylic oxidation sites excluding steroid dienone is 4. The summed E-state index contributed by atoms with van der Waals surface area (Å²) < 4.78 is 12.1. The molecule has 6 unspecified atom stereocenters. The minimum atomic E-state index is -0.713. The van der Waals surface area contributed by atoms with Crippen molar-refractivity contribution in [2.75, 3.05) is 0 Å². The van der Waals surface area contributed by atoms with Crippen LogP contribution in [0, 0.1) is 23.7 Å². The Morgan fingerprint density at radius 2 is 1.19 bits per heavy atom. The molecule has 0 saturated heterocycles. The first-order chi connectivity index (χ1) is 14.5. The monoisotopic (exact) mass is 422 g/mol. The molecule has 4 aliphatic rings. The van der Waals surface area contributed by atoms with Crippen molar-refractivity contribution in [2.24, 2.45) is 23.7 Å². The molecule has 0 N–H and O–H groups in total. The van der Waals surface area contributed by atoms with Crippen LogP contribution in [0.3, 0.4) is 0 Å². The number of ether oxygens (including phenoxy) is 2. The largest absolute Gasteiger partial charge is 0.451 e. The third-order valence-corrected chi connectivity index (χ3v) is 7.79. The van der Waals surface area contributed by atoms with Gasteiger partial charge in [-0.25, -0.2) is 9.59 Å². The second-order valence-corrected chi connectivity index (χ2v) is 10.2. The zero-order valence-corrected chi connectivity index (χ0v) is 19.5. The minimum absolute atomic E-state index is 0.0678. The first kappa shape index (κ1) is 21.9. The number of hydrogen-bond acceptors (Lipinski definition) is 4. The van der Waals surface area contributed by atoms with Crippen LogP contribution in [-0.2, 0) is 19.1 Å². The SMILES string of the molecule is CC1=CC(C)C(C)(OC(=O)C2=C(C(=O)OC3(C)C=CC(C)=CC3C)C3CCC2C3)C=C1. The molecule has 4 rings (SSSR count). The standard InChI is InChI=1S/C27H34O4/c1-16-9-11-26(5,18(3)13-16)30-24(28)22-20-7-8-21(15-20)23(22)25(29)31-27(6)12-10-17(2)14-19(27)4/h9-14,18-21H,7-8,15H2,1-6H3. The fourth-order valence-corrected chi connectivity index (χ4v) is 5.39. The van der Waals surface area contributed by atoms with Crippen LogP contribution in [0.5, 0.6) is 0 Å². The Morgan fingerprint density at radius 3 is 1.55 bits per heavy atom. The Morgan fingerprint density at radius 1 is 0.806 bits per heavy atom. The Hall–Kier alpha value is -2.36. The zero-order chi connectivity index (χ0) is 22.6. The third-order valence-electron chi connectivity index (χ3n) is 7.79. The Balaban J connectivity index is 1.59. The maximum atomic E-state index is 13.4. The molecule has 0 aromatic rings. The van der Waals surface area contributed by atoms with Gasteiger partial charge in [-0.2, -0.15) is 0 Å². The van der Waals surface area contributed by atoms with Gasteiger partial charge in [0.1, 0.15) is 11.2 Å². The lowest BCUT2D eigenvalue weighted by atomic mass is 9.83. The van der Waals surface area contributed by atoms with Crippen molar-refractivity contribution in [3.8, 4) is 0 Å². The maximum absolute atomic E-state index is 13.4. The van der Waals surface area contributed by atoms with E-state index < -0.39 is 11.2 Å². The van der Waals surface area contributed by atoms with Crippen LogP contribution >= 0.6 is 0 Å². The molecule has 0 heterocycles. The zero-order valence-electron chi connectivity index (χ0n) is 19.5. The molecule has 1 fully saturated rings. The highest BCUT2D eigenvalue weighted by atomic mass is 16.6. The molecule has 166 valence electrons. The van der Waals surface area contributed by atoms with Gasteiger partial charge in [-0.3, -0.25) is 0 Å². The summed E-state index contributed by atoms with van der Waals surface area (Å²) in [5.74, 6) is -0.397. The average molecular weight is 423 g/mol. The molecule has 1 saturated carbocycles. The van der Waals surface area contributed by atoms with Crippen molar-refractivity contribution in [2.45, 2.75) is 72.0 Å². The van der Waals surface area contributed by atoms with Crippen molar-refractivity contribution >= 4 is 11.9 Å². The van der Waals surface area contributed by atoms with Gasteiger partial charge in [0, 0.05) is 11.8 Å². The summed E-state index contributed by atoms with van der Waals surface area (Å²) in [5.41, 5.74) is 2.01. The summed E-state index contributed by atoms with van der Waals surface area (Å²) in [5, 5.41) is 0. The van der Waals surface area contributed by atoms with Crippen LogP contribution in [-0.4, -0.2) is 23.1 Å². The molecule has 6 atom stereocenters. The summed E-state index contributed by atoms with van der Waals surface area (Å²) in [6.07, 6.45) is 14.8. The molecule has 2 bridgehead atoms. The number of esters is 2. The summed E-state index contributed by atoms with van der Waals surface area (Å²) in [6, 6.07) is 0. The smallest absolute Gasteiger partial charge is 0.335 e. The van der Waals surface area contributed by atoms with E-state index in [1.165, 1.54) is 0 Å². The summed E-state index contributed by atoms with van der Waals surface area (Å²) in [4.78, 5) is 26.7. The van der Waals surface area contributed by atoms with Crippen molar-refractivity contribution in [1.82, 2.24) is 0 Å². The number of fused-ring (bicyclic) bond motifs is 2. The number of carbonyl (C=O) groups excluding carboxylic acids is 2. The fourth-order valence-electron chi connectivity index (χ4n) is 5.39. The van der Waals surface area contributed by atoms with Crippen molar-refractivity contribution in [3.05, 3.63) is 58.7 Å². The summed E-state index contributed by atoms with van der Waals surface area (Å²) in [6.45, 7) is 12.1. The molecule has 31 heavy (non-hydrogen) atoms. The molecule has 0 aromatic heterocycles. The van der Waals surface area contributed by atoms with Crippen LogP contribution in [0.15, 0.2) is 58.7 Å². The minimum Gasteiger partial charge on any atom is -0.451 e. The lowest BCUT2D eigenvalue weighted by molar-refractivity contribution is -0.155. The first-order valence-corrected chi connectivity index (χ1v) is 11.5. The van der Waals surface area contributed by atoms with Crippen LogP contribution in [0.1, 0.15) is 60.8 Å². The summed E-state index contributed by atoms with van der Waals surface area (Å²) >= 11 is 0. The number of rotatable bonds is 4. The third kappa shape index (κ3) is 3.86. The first-order valence-electron chi connectivity index (χ1n) is 11.5. The second-order valence-electron chi connectivity index (χ2n) is 10.2. The van der Waals surface area contributed by atoms with E-state index in [4.69, 9.17) is 9.47 Å². The van der Waals surface area contributed by atoms with E-state index in [2.05, 4.69) is 26.0 Å². The highest BCUT2D eigenvalue weighted by Crippen LogP contribution is 2.50. The highest BCUT2D eigenvalue weighted by Gasteiger charge is 2.48. The molecule has 0 spiro atoms. The molecular weight excluding hydrogens is 388 g/mol. The summed E-state index contributed by atoms with van der Waals surface area (Å²) in [7, 11) is 0. The average Bonchev–Trinajstić information content (AvgIpc) is 3.30. The van der Waals surface area contributed by atoms with Gasteiger partial charge >= 0.3 is 11.9 Å². The van der Waals surface area contributed by atoms with E-state index >= 15 is 0 Å². The topological polar surface area (TPSA) is 52.6 Å².